The highest BCUT2D eigenvalue weighted by atomic mass is 19.4. The van der Waals surface area contributed by atoms with E-state index in [4.69, 9.17) is 4.74 Å². The molecule has 0 aliphatic heterocycles. The van der Waals surface area contributed by atoms with Gasteiger partial charge in [-0.3, -0.25) is 14.4 Å². The summed E-state index contributed by atoms with van der Waals surface area (Å²) in [6.07, 6.45) is -6.33. The summed E-state index contributed by atoms with van der Waals surface area (Å²) in [5, 5.41) is 2.62. The topological polar surface area (TPSA) is 72.5 Å². The lowest BCUT2D eigenvalue weighted by Crippen LogP contribution is -2.26. The number of rotatable bonds is 7. The molecule has 0 saturated carbocycles. The minimum atomic E-state index is -4.54. The Bertz CT molecular complexity index is 1160. The maximum Gasteiger partial charge on any atom is 0.416 e. The lowest BCUT2D eigenvalue weighted by molar-refractivity contribution is -0.154. The molecule has 0 heterocycles. The summed E-state index contributed by atoms with van der Waals surface area (Å²) in [6, 6.07) is 18.8. The van der Waals surface area contributed by atoms with Crippen LogP contribution in [0.25, 0.3) is 0 Å². The van der Waals surface area contributed by atoms with Gasteiger partial charge in [-0.25, -0.2) is 0 Å². The van der Waals surface area contributed by atoms with Crippen molar-refractivity contribution in [1.29, 1.82) is 0 Å². The molecule has 8 heteroatoms. The molecule has 3 aromatic rings. The van der Waals surface area contributed by atoms with E-state index >= 15 is 0 Å². The van der Waals surface area contributed by atoms with Crippen LogP contribution in [0.5, 0.6) is 0 Å². The number of hydrogen-bond acceptors (Lipinski definition) is 4. The monoisotopic (exact) mass is 455 g/mol. The highest BCUT2D eigenvalue weighted by molar-refractivity contribution is 5.99. The second-order valence-corrected chi connectivity index (χ2v) is 7.28. The van der Waals surface area contributed by atoms with Gasteiger partial charge in [0.05, 0.1) is 12.0 Å². The van der Waals surface area contributed by atoms with E-state index in [-0.39, 0.29) is 11.3 Å². The molecule has 3 aromatic carbocycles. The Balaban J connectivity index is 1.79. The van der Waals surface area contributed by atoms with Crippen molar-refractivity contribution in [1.82, 2.24) is 0 Å². The quantitative estimate of drug-likeness (QED) is 0.384. The zero-order valence-electron chi connectivity index (χ0n) is 17.6. The molecule has 33 heavy (non-hydrogen) atoms. The number of nitrogens with one attached hydrogen (secondary N) is 1. The van der Waals surface area contributed by atoms with Gasteiger partial charge < -0.3 is 10.1 Å². The molecule has 0 fully saturated rings. The van der Waals surface area contributed by atoms with Crippen molar-refractivity contribution < 1.29 is 32.3 Å². The molecule has 0 spiro atoms. The molecular weight excluding hydrogens is 435 g/mol. The number of carbonyl (C=O) groups is 3. The van der Waals surface area contributed by atoms with E-state index in [9.17, 15) is 27.6 Å². The Morgan fingerprint density at radius 1 is 0.909 bits per heavy atom. The first-order valence-electron chi connectivity index (χ1n) is 9.96. The first kappa shape index (κ1) is 23.7. The van der Waals surface area contributed by atoms with Crippen molar-refractivity contribution in [2.75, 3.05) is 5.32 Å². The largest absolute Gasteiger partial charge is 0.447 e. The van der Waals surface area contributed by atoms with Crippen molar-refractivity contribution in [3.63, 3.8) is 0 Å². The minimum absolute atomic E-state index is 0.108. The Morgan fingerprint density at radius 2 is 1.61 bits per heavy atom. The third kappa shape index (κ3) is 6.52. The van der Waals surface area contributed by atoms with E-state index in [2.05, 4.69) is 5.32 Å². The predicted molar refractivity (Wildman–Crippen MR) is 115 cm³/mol. The van der Waals surface area contributed by atoms with Gasteiger partial charge in [0.2, 0.25) is 6.10 Å². The number of ketones is 1. The maximum atomic E-state index is 12.9. The average Bonchev–Trinajstić information content (AvgIpc) is 2.78. The van der Waals surface area contributed by atoms with Crippen molar-refractivity contribution >= 4 is 23.3 Å². The third-order valence-corrected chi connectivity index (χ3v) is 4.73. The van der Waals surface area contributed by atoms with Gasteiger partial charge in [0.25, 0.3) is 5.91 Å². The van der Waals surface area contributed by atoms with Crippen LogP contribution < -0.4 is 5.32 Å². The van der Waals surface area contributed by atoms with Crippen molar-refractivity contribution in [3.05, 3.63) is 101 Å². The van der Waals surface area contributed by atoms with Gasteiger partial charge in [-0.05, 0) is 30.7 Å². The molecule has 1 atom stereocenters. The number of amides is 1. The molecule has 1 unspecified atom stereocenters. The highest BCUT2D eigenvalue weighted by Crippen LogP contribution is 2.30. The Hall–Kier alpha value is -3.94. The number of esters is 1. The number of Topliss-reactive ketones (excluding diaryl/α,β-unsaturated/α-hetero) is 1. The van der Waals surface area contributed by atoms with Gasteiger partial charge >= 0.3 is 12.1 Å². The zero-order chi connectivity index (χ0) is 24.0. The van der Waals surface area contributed by atoms with Crippen LogP contribution in [-0.2, 0) is 26.9 Å². The van der Waals surface area contributed by atoms with Gasteiger partial charge in [-0.15, -0.1) is 0 Å². The lowest BCUT2D eigenvalue weighted by Gasteiger charge is -2.18. The van der Waals surface area contributed by atoms with Crippen molar-refractivity contribution in [2.45, 2.75) is 25.6 Å². The van der Waals surface area contributed by atoms with Crippen molar-refractivity contribution in [2.24, 2.45) is 0 Å². The summed E-state index contributed by atoms with van der Waals surface area (Å²) >= 11 is 0. The molecule has 0 saturated heterocycles. The third-order valence-electron chi connectivity index (χ3n) is 4.73. The number of ether oxygens (including phenoxy) is 1. The molecule has 1 N–H and O–H groups in total. The summed E-state index contributed by atoms with van der Waals surface area (Å²) in [5.74, 6) is -1.71. The number of carbonyl (C=O) groups excluding carboxylic acids is 3. The second kappa shape index (κ2) is 10.1. The summed E-state index contributed by atoms with van der Waals surface area (Å²) in [5.41, 5.74) is 0.343. The first-order chi connectivity index (χ1) is 15.6. The maximum absolute atomic E-state index is 12.9. The van der Waals surface area contributed by atoms with E-state index in [1.807, 2.05) is 0 Å². The van der Waals surface area contributed by atoms with Crippen LogP contribution in [0.15, 0.2) is 78.9 Å². The molecule has 0 bridgehead atoms. The number of anilines is 1. The Labute approximate surface area is 188 Å². The van der Waals surface area contributed by atoms with Crippen LogP contribution in [0.4, 0.5) is 18.9 Å². The molecule has 3 rings (SSSR count). The fourth-order valence-electron chi connectivity index (χ4n) is 3.12. The van der Waals surface area contributed by atoms with Gasteiger partial charge in [0, 0.05) is 16.8 Å². The number of hydrogen-bond donors (Lipinski definition) is 1. The van der Waals surface area contributed by atoms with Gasteiger partial charge in [0.15, 0.2) is 5.78 Å². The lowest BCUT2D eigenvalue weighted by atomic mass is 10.1. The van der Waals surface area contributed by atoms with E-state index in [0.29, 0.717) is 16.8 Å². The summed E-state index contributed by atoms with van der Waals surface area (Å²) in [4.78, 5) is 37.1. The standard InChI is InChI=1S/C25H20F3NO4/c1-16(30)19-10-6-12-21(15-19)29-24(32)23(18-8-3-2-4-9-18)33-22(31)14-17-7-5-11-20(13-17)25(26,27)28/h2-13,15,23H,14H2,1H3,(H,29,32). The zero-order valence-corrected chi connectivity index (χ0v) is 17.6. The Morgan fingerprint density at radius 3 is 2.27 bits per heavy atom. The molecule has 0 aliphatic carbocycles. The van der Waals surface area contributed by atoms with Crippen LogP contribution in [0.1, 0.15) is 40.1 Å². The molecule has 0 aromatic heterocycles. The number of halogens is 3. The molecule has 170 valence electrons. The van der Waals surface area contributed by atoms with Gasteiger partial charge in [-0.1, -0.05) is 60.7 Å². The minimum Gasteiger partial charge on any atom is -0.447 e. The molecule has 0 radical (unpaired) electrons. The Kier molecular flexibility index (Phi) is 7.27. The molecule has 1 amide bonds. The smallest absolute Gasteiger partial charge is 0.416 e. The summed E-state index contributed by atoms with van der Waals surface area (Å²) in [6.45, 7) is 1.39. The van der Waals surface area contributed by atoms with Gasteiger partial charge in [0.1, 0.15) is 0 Å². The predicted octanol–water partition coefficient (Wildman–Crippen LogP) is 5.37. The fraction of sp³-hybridized carbons (Fsp3) is 0.160. The van der Waals surface area contributed by atoms with E-state index in [1.165, 1.54) is 25.1 Å². The van der Waals surface area contributed by atoms with E-state index in [0.717, 1.165) is 12.1 Å². The van der Waals surface area contributed by atoms with Crippen LogP contribution in [0.3, 0.4) is 0 Å². The fourth-order valence-corrected chi connectivity index (χ4v) is 3.12. The number of benzene rings is 3. The van der Waals surface area contributed by atoms with Crippen LogP contribution >= 0.6 is 0 Å². The second-order valence-electron chi connectivity index (χ2n) is 7.28. The van der Waals surface area contributed by atoms with E-state index in [1.54, 1.807) is 48.5 Å². The van der Waals surface area contributed by atoms with Crippen LogP contribution in [-0.4, -0.2) is 17.7 Å². The first-order valence-corrected chi connectivity index (χ1v) is 9.96. The molecular formula is C25H20F3NO4. The molecule has 0 aliphatic rings. The van der Waals surface area contributed by atoms with Crippen LogP contribution in [0, 0.1) is 0 Å². The van der Waals surface area contributed by atoms with Crippen LogP contribution in [0.2, 0.25) is 0 Å². The van der Waals surface area contributed by atoms with Gasteiger partial charge in [-0.2, -0.15) is 13.2 Å². The highest BCUT2D eigenvalue weighted by Gasteiger charge is 2.31. The number of alkyl halides is 3. The normalized spacial score (nSPS) is 12.0. The average molecular weight is 455 g/mol. The van der Waals surface area contributed by atoms with Crippen molar-refractivity contribution in [3.8, 4) is 0 Å². The molecule has 5 nitrogen and oxygen atoms in total. The van der Waals surface area contributed by atoms with E-state index < -0.39 is 36.1 Å². The SMILES string of the molecule is CC(=O)c1cccc(NC(=O)C(OC(=O)Cc2cccc(C(F)(F)F)c2)c2ccccc2)c1. The summed E-state index contributed by atoms with van der Waals surface area (Å²) in [7, 11) is 0. The summed E-state index contributed by atoms with van der Waals surface area (Å²) < 4.78 is 44.2.